The van der Waals surface area contributed by atoms with Gasteiger partial charge < -0.3 is 24.8 Å². The predicted molar refractivity (Wildman–Crippen MR) is 109 cm³/mol. The average Bonchev–Trinajstić information content (AvgIpc) is 2.58. The molecule has 8 nitrogen and oxygen atoms in total. The molecule has 0 spiro atoms. The lowest BCUT2D eigenvalue weighted by Crippen LogP contribution is -2.39. The Morgan fingerprint density at radius 2 is 2.11 bits per heavy atom. The molecular weight excluding hydrogens is 465 g/mol. The fourth-order valence-corrected chi connectivity index (χ4v) is 2.14. The minimum absolute atomic E-state index is 0.131. The van der Waals surface area contributed by atoms with Crippen molar-refractivity contribution in [2.24, 2.45) is 0 Å². The van der Waals surface area contributed by atoms with Crippen LogP contribution < -0.4 is 10.1 Å². The maximum absolute atomic E-state index is 12.4. The van der Waals surface area contributed by atoms with Crippen LogP contribution in [0.3, 0.4) is 0 Å². The van der Waals surface area contributed by atoms with Crippen molar-refractivity contribution in [1.82, 2.24) is 15.2 Å². The number of pyridine rings is 1. The summed E-state index contributed by atoms with van der Waals surface area (Å²) >= 11 is 2.15. The third kappa shape index (κ3) is 10.8. The van der Waals surface area contributed by atoms with Gasteiger partial charge in [-0.05, 0) is 49.4 Å². The summed E-state index contributed by atoms with van der Waals surface area (Å²) in [5.41, 5.74) is -0.629. The highest BCUT2D eigenvalue weighted by molar-refractivity contribution is 14.1. The number of halogens is 1. The number of carbonyl (C=O) groups is 2. The number of rotatable bonds is 9. The molecule has 0 aliphatic carbocycles. The molecule has 0 aromatic carbocycles. The molecule has 150 valence electrons. The molecular formula is C18H26IN3O5. The molecule has 0 unspecified atom stereocenters. The Hall–Kier alpha value is -1.88. The molecule has 1 heterocycles. The molecule has 1 rings (SSSR count). The van der Waals surface area contributed by atoms with Crippen LogP contribution in [0.1, 0.15) is 20.8 Å². The summed E-state index contributed by atoms with van der Waals surface area (Å²) < 4.78 is 11.9. The zero-order chi connectivity index (χ0) is 20.3. The zero-order valence-corrected chi connectivity index (χ0v) is 17.9. The Morgan fingerprint density at radius 1 is 1.37 bits per heavy atom. The molecule has 1 aromatic heterocycles. The molecule has 2 amide bonds. The van der Waals surface area contributed by atoms with E-state index in [-0.39, 0.29) is 38.8 Å². The van der Waals surface area contributed by atoms with E-state index in [0.717, 1.165) is 3.57 Å². The minimum Gasteiger partial charge on any atom is -0.476 e. The zero-order valence-electron chi connectivity index (χ0n) is 15.8. The number of hydrogen-bond donors (Lipinski definition) is 2. The lowest BCUT2D eigenvalue weighted by molar-refractivity contribution is -0.116. The summed E-state index contributed by atoms with van der Waals surface area (Å²) in [4.78, 5) is 29.5. The van der Waals surface area contributed by atoms with E-state index in [1.165, 1.54) is 11.0 Å². The first-order valence-corrected chi connectivity index (χ1v) is 9.56. The molecule has 0 bridgehead atoms. The SMILES string of the molecule is CC(C)(C)OC(=O)N(C/C=C/C(=O)NCCO)CCOc1ccc(I)cn1. The van der Waals surface area contributed by atoms with Gasteiger partial charge in [-0.3, -0.25) is 4.79 Å². The van der Waals surface area contributed by atoms with E-state index in [0.29, 0.717) is 5.88 Å². The number of nitrogens with one attached hydrogen (secondary N) is 1. The first-order valence-electron chi connectivity index (χ1n) is 8.49. The molecule has 0 aliphatic rings. The van der Waals surface area contributed by atoms with Crippen molar-refractivity contribution in [2.45, 2.75) is 26.4 Å². The first-order chi connectivity index (χ1) is 12.7. The van der Waals surface area contributed by atoms with Gasteiger partial charge in [-0.2, -0.15) is 0 Å². The van der Waals surface area contributed by atoms with Gasteiger partial charge in [-0.15, -0.1) is 0 Å². The molecule has 2 N–H and O–H groups in total. The van der Waals surface area contributed by atoms with Crippen molar-refractivity contribution in [3.63, 3.8) is 0 Å². The van der Waals surface area contributed by atoms with E-state index in [9.17, 15) is 9.59 Å². The van der Waals surface area contributed by atoms with Crippen molar-refractivity contribution < 1.29 is 24.2 Å². The summed E-state index contributed by atoms with van der Waals surface area (Å²) in [7, 11) is 0. The van der Waals surface area contributed by atoms with Crippen LogP contribution in [0.2, 0.25) is 0 Å². The van der Waals surface area contributed by atoms with Gasteiger partial charge in [0, 0.05) is 35.0 Å². The second-order valence-electron chi connectivity index (χ2n) is 6.51. The van der Waals surface area contributed by atoms with Crippen LogP contribution in [0.25, 0.3) is 0 Å². The second kappa shape index (κ2) is 11.8. The molecule has 1 aromatic rings. The quantitative estimate of drug-likeness (QED) is 0.405. The lowest BCUT2D eigenvalue weighted by Gasteiger charge is -2.26. The van der Waals surface area contributed by atoms with Crippen molar-refractivity contribution in [3.05, 3.63) is 34.1 Å². The van der Waals surface area contributed by atoms with Gasteiger partial charge in [0.05, 0.1) is 13.2 Å². The van der Waals surface area contributed by atoms with Crippen LogP contribution in [-0.4, -0.2) is 65.4 Å². The monoisotopic (exact) mass is 491 g/mol. The number of amides is 2. The van der Waals surface area contributed by atoms with Crippen LogP contribution in [0.5, 0.6) is 5.88 Å². The predicted octanol–water partition coefficient (Wildman–Crippen LogP) is 1.97. The van der Waals surface area contributed by atoms with Gasteiger partial charge in [-0.1, -0.05) is 6.08 Å². The van der Waals surface area contributed by atoms with Crippen LogP contribution in [0.4, 0.5) is 4.79 Å². The highest BCUT2D eigenvalue weighted by Gasteiger charge is 2.21. The topological polar surface area (TPSA) is 101 Å². The van der Waals surface area contributed by atoms with Crippen molar-refractivity contribution in [2.75, 3.05) is 32.8 Å². The average molecular weight is 491 g/mol. The van der Waals surface area contributed by atoms with E-state index in [1.54, 1.807) is 39.1 Å². The Kier molecular flexibility index (Phi) is 10.1. The van der Waals surface area contributed by atoms with Crippen molar-refractivity contribution in [1.29, 1.82) is 0 Å². The Bertz CT molecular complexity index is 629. The number of nitrogens with zero attached hydrogens (tertiary/aromatic N) is 2. The number of carbonyl (C=O) groups excluding carboxylic acids is 2. The summed E-state index contributed by atoms with van der Waals surface area (Å²) in [5, 5.41) is 11.2. The smallest absolute Gasteiger partial charge is 0.410 e. The van der Waals surface area contributed by atoms with Crippen LogP contribution >= 0.6 is 22.6 Å². The maximum atomic E-state index is 12.4. The highest BCUT2D eigenvalue weighted by atomic mass is 127. The summed E-state index contributed by atoms with van der Waals surface area (Å²) in [6.07, 6.45) is 4.06. The Labute approximate surface area is 173 Å². The number of aliphatic hydroxyl groups excluding tert-OH is 1. The standard InChI is InChI=1S/C18H26IN3O5/c1-18(2,3)27-17(25)22(9-4-5-15(24)20-8-11-23)10-12-26-16-7-6-14(19)13-21-16/h4-7,13,23H,8-12H2,1-3H3,(H,20,24)/b5-4+. The molecule has 9 heteroatoms. The fourth-order valence-electron chi connectivity index (χ4n) is 1.82. The van der Waals surface area contributed by atoms with Gasteiger partial charge in [0.15, 0.2) is 0 Å². The lowest BCUT2D eigenvalue weighted by atomic mass is 10.2. The van der Waals surface area contributed by atoms with Crippen LogP contribution in [-0.2, 0) is 9.53 Å². The molecule has 0 aliphatic heterocycles. The number of hydrogen-bond acceptors (Lipinski definition) is 6. The van der Waals surface area contributed by atoms with Gasteiger partial charge >= 0.3 is 6.09 Å². The fraction of sp³-hybridized carbons (Fsp3) is 0.500. The van der Waals surface area contributed by atoms with Crippen molar-refractivity contribution >= 4 is 34.6 Å². The van der Waals surface area contributed by atoms with Gasteiger partial charge in [0.25, 0.3) is 0 Å². The molecule has 0 saturated carbocycles. The largest absolute Gasteiger partial charge is 0.476 e. The molecule has 0 saturated heterocycles. The summed E-state index contributed by atoms with van der Waals surface area (Å²) in [6.45, 7) is 6.09. The summed E-state index contributed by atoms with van der Waals surface area (Å²) in [5.74, 6) is 0.131. The molecule has 0 fully saturated rings. The summed E-state index contributed by atoms with van der Waals surface area (Å²) in [6, 6.07) is 3.63. The minimum atomic E-state index is -0.629. The Morgan fingerprint density at radius 3 is 2.70 bits per heavy atom. The molecule has 27 heavy (non-hydrogen) atoms. The highest BCUT2D eigenvalue weighted by Crippen LogP contribution is 2.11. The third-order valence-electron chi connectivity index (χ3n) is 2.97. The van der Waals surface area contributed by atoms with E-state index < -0.39 is 11.7 Å². The van der Waals surface area contributed by atoms with E-state index >= 15 is 0 Å². The third-order valence-corrected chi connectivity index (χ3v) is 3.61. The number of aromatic nitrogens is 1. The van der Waals surface area contributed by atoms with Gasteiger partial charge in [0.1, 0.15) is 12.2 Å². The number of aliphatic hydroxyl groups is 1. The Balaban J connectivity index is 2.61. The normalized spacial score (nSPS) is 11.3. The van der Waals surface area contributed by atoms with Crippen molar-refractivity contribution in [3.8, 4) is 5.88 Å². The molecule has 0 radical (unpaired) electrons. The van der Waals surface area contributed by atoms with E-state index in [4.69, 9.17) is 14.6 Å². The molecule has 0 atom stereocenters. The number of ether oxygens (including phenoxy) is 2. The second-order valence-corrected chi connectivity index (χ2v) is 7.75. The maximum Gasteiger partial charge on any atom is 0.410 e. The van der Waals surface area contributed by atoms with Gasteiger partial charge in [0.2, 0.25) is 11.8 Å². The van der Waals surface area contributed by atoms with Crippen LogP contribution in [0, 0.1) is 3.57 Å². The van der Waals surface area contributed by atoms with E-state index in [2.05, 4.69) is 32.9 Å². The van der Waals surface area contributed by atoms with Crippen LogP contribution in [0.15, 0.2) is 30.5 Å². The van der Waals surface area contributed by atoms with Gasteiger partial charge in [-0.25, -0.2) is 9.78 Å². The first kappa shape index (κ1) is 23.2. The van der Waals surface area contributed by atoms with E-state index in [1.807, 2.05) is 6.07 Å².